The lowest BCUT2D eigenvalue weighted by molar-refractivity contribution is -0.161. The van der Waals surface area contributed by atoms with Crippen molar-refractivity contribution < 1.29 is 80.2 Å². The average Bonchev–Trinajstić information content (AvgIpc) is 1.13. The van der Waals surface area contributed by atoms with Gasteiger partial charge in [0.05, 0.1) is 26.4 Å². The largest absolute Gasteiger partial charge is 0.472 e. The van der Waals surface area contributed by atoms with Gasteiger partial charge in [0.25, 0.3) is 0 Å². The van der Waals surface area contributed by atoms with Crippen LogP contribution in [0, 0.1) is 0 Å². The molecular weight excluding hydrogens is 1260 g/mol. The lowest BCUT2D eigenvalue weighted by Crippen LogP contribution is -2.30. The van der Waals surface area contributed by atoms with Crippen LogP contribution in [0.4, 0.5) is 0 Å². The number of carbonyl (C=O) groups excluding carboxylic acids is 4. The predicted molar refractivity (Wildman–Crippen MR) is 391 cm³/mol. The van der Waals surface area contributed by atoms with Crippen molar-refractivity contribution in [3.63, 3.8) is 0 Å². The Balaban J connectivity index is 5.23. The number of ether oxygens (including phenoxy) is 4. The minimum absolute atomic E-state index is 0.108. The van der Waals surface area contributed by atoms with Crippen molar-refractivity contribution in [2.24, 2.45) is 0 Å². The molecule has 0 aliphatic heterocycles. The fourth-order valence-electron chi connectivity index (χ4n) is 11.9. The molecule has 0 aliphatic rings. The number of phosphoric acid groups is 2. The number of phosphoric ester groups is 2. The minimum atomic E-state index is -4.96. The molecule has 0 saturated carbocycles. The van der Waals surface area contributed by atoms with E-state index in [1.807, 2.05) is 0 Å². The number of esters is 4. The second-order valence-electron chi connectivity index (χ2n) is 27.7. The molecule has 0 spiro atoms. The Morgan fingerprint density at radius 3 is 0.615 bits per heavy atom. The molecule has 2 unspecified atom stereocenters. The lowest BCUT2D eigenvalue weighted by atomic mass is 10.0. The SMILES string of the molecule is CCCCCCCCCCCCCCCCCCCCC(=O)O[C@H](COC(=O)CCCCCCCCCCCCCCCCC)COP(=O)(O)OC[C@@H](O)COP(=O)(O)OC[C@@H](COC(=O)CCCCCCCCCCCC)OC(=O)CCCCCCCCCCCCCCC. The van der Waals surface area contributed by atoms with Crippen molar-refractivity contribution in [2.75, 3.05) is 39.6 Å². The van der Waals surface area contributed by atoms with Gasteiger partial charge >= 0.3 is 39.5 Å². The van der Waals surface area contributed by atoms with Crippen LogP contribution >= 0.6 is 15.6 Å². The smallest absolute Gasteiger partial charge is 0.462 e. The molecular formula is C77H150O17P2. The van der Waals surface area contributed by atoms with Crippen molar-refractivity contribution in [1.29, 1.82) is 0 Å². The van der Waals surface area contributed by atoms with E-state index in [-0.39, 0.29) is 25.7 Å². The molecule has 0 bridgehead atoms. The van der Waals surface area contributed by atoms with E-state index >= 15 is 0 Å². The maximum Gasteiger partial charge on any atom is 0.472 e. The van der Waals surface area contributed by atoms with Gasteiger partial charge in [0.2, 0.25) is 0 Å². The summed E-state index contributed by atoms with van der Waals surface area (Å²) in [6, 6.07) is 0. The van der Waals surface area contributed by atoms with Crippen LogP contribution < -0.4 is 0 Å². The van der Waals surface area contributed by atoms with Crippen molar-refractivity contribution in [3.05, 3.63) is 0 Å². The van der Waals surface area contributed by atoms with Gasteiger partial charge in [-0.25, -0.2) is 9.13 Å². The molecule has 96 heavy (non-hydrogen) atoms. The Morgan fingerprint density at radius 1 is 0.250 bits per heavy atom. The molecule has 19 heteroatoms. The van der Waals surface area contributed by atoms with Gasteiger partial charge in [0.1, 0.15) is 19.3 Å². The first-order valence-electron chi connectivity index (χ1n) is 40.3. The number of unbranched alkanes of at least 4 members (excludes halogenated alkanes) is 52. The van der Waals surface area contributed by atoms with E-state index in [4.69, 9.17) is 37.0 Å². The van der Waals surface area contributed by atoms with Crippen LogP contribution in [0.5, 0.6) is 0 Å². The molecule has 0 aliphatic carbocycles. The normalized spacial score (nSPS) is 13.9. The second kappa shape index (κ2) is 71.5. The van der Waals surface area contributed by atoms with Crippen molar-refractivity contribution in [1.82, 2.24) is 0 Å². The molecule has 0 aromatic carbocycles. The van der Waals surface area contributed by atoms with E-state index in [1.54, 1.807) is 0 Å². The molecule has 0 aromatic rings. The van der Waals surface area contributed by atoms with Gasteiger partial charge in [-0.05, 0) is 25.7 Å². The zero-order valence-electron chi connectivity index (χ0n) is 62.4. The van der Waals surface area contributed by atoms with Gasteiger partial charge in [-0.2, -0.15) is 0 Å². The summed E-state index contributed by atoms with van der Waals surface area (Å²) in [5.41, 5.74) is 0. The molecule has 17 nitrogen and oxygen atoms in total. The molecule has 570 valence electrons. The van der Waals surface area contributed by atoms with E-state index in [0.29, 0.717) is 25.7 Å². The summed E-state index contributed by atoms with van der Waals surface area (Å²) in [7, 11) is -9.91. The molecule has 0 saturated heterocycles. The predicted octanol–water partition coefficient (Wildman–Crippen LogP) is 23.0. The summed E-state index contributed by atoms with van der Waals surface area (Å²) in [6.45, 7) is 5.00. The first-order chi connectivity index (χ1) is 46.7. The zero-order valence-corrected chi connectivity index (χ0v) is 64.1. The Labute approximate surface area is 588 Å². The molecule has 0 amide bonds. The zero-order chi connectivity index (χ0) is 70.4. The highest BCUT2D eigenvalue weighted by atomic mass is 31.2. The third-order valence-electron chi connectivity index (χ3n) is 18.1. The summed E-state index contributed by atoms with van der Waals surface area (Å²) in [5, 5.41) is 10.6. The third kappa shape index (κ3) is 70.5. The van der Waals surface area contributed by atoms with Crippen LogP contribution in [-0.2, 0) is 65.4 Å². The van der Waals surface area contributed by atoms with E-state index in [2.05, 4.69) is 27.7 Å². The summed E-state index contributed by atoms with van der Waals surface area (Å²) >= 11 is 0. The highest BCUT2D eigenvalue weighted by molar-refractivity contribution is 7.47. The van der Waals surface area contributed by atoms with Crippen LogP contribution in [0.1, 0.15) is 413 Å². The number of hydrogen-bond acceptors (Lipinski definition) is 15. The highest BCUT2D eigenvalue weighted by Gasteiger charge is 2.30. The summed E-state index contributed by atoms with van der Waals surface area (Å²) in [6.07, 6.45) is 62.3. The second-order valence-corrected chi connectivity index (χ2v) is 30.7. The number of aliphatic hydroxyl groups is 1. The first-order valence-corrected chi connectivity index (χ1v) is 43.3. The van der Waals surface area contributed by atoms with Crippen molar-refractivity contribution in [3.8, 4) is 0 Å². The highest BCUT2D eigenvalue weighted by Crippen LogP contribution is 2.45. The lowest BCUT2D eigenvalue weighted by Gasteiger charge is -2.21. The molecule has 0 radical (unpaired) electrons. The van der Waals surface area contributed by atoms with Crippen LogP contribution in [0.2, 0.25) is 0 Å². The van der Waals surface area contributed by atoms with Crippen molar-refractivity contribution in [2.45, 2.75) is 431 Å². The van der Waals surface area contributed by atoms with Crippen LogP contribution in [0.3, 0.4) is 0 Å². The molecule has 0 fully saturated rings. The van der Waals surface area contributed by atoms with E-state index in [1.165, 1.54) is 244 Å². The Hall–Kier alpha value is -1.94. The van der Waals surface area contributed by atoms with Gasteiger partial charge in [0.15, 0.2) is 12.2 Å². The average molecular weight is 1410 g/mol. The molecule has 0 heterocycles. The van der Waals surface area contributed by atoms with Gasteiger partial charge in [0, 0.05) is 25.7 Å². The summed E-state index contributed by atoms with van der Waals surface area (Å²) < 4.78 is 68.6. The third-order valence-corrected chi connectivity index (χ3v) is 20.0. The van der Waals surface area contributed by atoms with E-state index < -0.39 is 97.5 Å². The van der Waals surface area contributed by atoms with Gasteiger partial charge in [-0.1, -0.05) is 362 Å². The fourth-order valence-corrected chi connectivity index (χ4v) is 13.5. The van der Waals surface area contributed by atoms with E-state index in [9.17, 15) is 43.2 Å². The Bertz CT molecular complexity index is 1830. The Morgan fingerprint density at radius 2 is 0.417 bits per heavy atom. The minimum Gasteiger partial charge on any atom is -0.462 e. The number of rotatable bonds is 78. The standard InChI is InChI=1S/C77H150O17P2/c1-5-9-13-17-21-25-29-32-34-35-36-38-41-44-48-52-56-60-64-77(82)94-73(68-88-75(80)62-58-54-50-46-42-40-37-33-30-26-22-18-14-10-6-2)70-92-96(85,86)90-66-71(78)65-89-95(83,84)91-69-72(67-87-74(79)61-57-53-49-45-28-24-20-16-12-8-4)93-76(81)63-59-55-51-47-43-39-31-27-23-19-15-11-7-3/h71-73,78H,5-70H2,1-4H3,(H,83,84)(H,85,86)/t71-,72+,73+/m0/s1. The van der Waals surface area contributed by atoms with Gasteiger partial charge < -0.3 is 33.8 Å². The van der Waals surface area contributed by atoms with Gasteiger partial charge in [-0.15, -0.1) is 0 Å². The topological polar surface area (TPSA) is 237 Å². The molecule has 3 N–H and O–H groups in total. The maximum atomic E-state index is 13.1. The summed E-state index contributed by atoms with van der Waals surface area (Å²) in [5.74, 6) is -2.11. The summed E-state index contributed by atoms with van der Waals surface area (Å²) in [4.78, 5) is 72.8. The van der Waals surface area contributed by atoms with Crippen LogP contribution in [-0.4, -0.2) is 96.7 Å². The molecule has 0 rings (SSSR count). The number of carbonyl (C=O) groups is 4. The van der Waals surface area contributed by atoms with Gasteiger partial charge in [-0.3, -0.25) is 37.3 Å². The Kier molecular flexibility index (Phi) is 70.0. The van der Waals surface area contributed by atoms with E-state index in [0.717, 1.165) is 89.9 Å². The van der Waals surface area contributed by atoms with Crippen LogP contribution in [0.15, 0.2) is 0 Å². The first kappa shape index (κ1) is 94.1. The number of aliphatic hydroxyl groups excluding tert-OH is 1. The fraction of sp³-hybridized carbons (Fsp3) is 0.948. The monoisotopic (exact) mass is 1410 g/mol. The van der Waals surface area contributed by atoms with Crippen molar-refractivity contribution >= 4 is 39.5 Å². The molecule has 5 atom stereocenters. The molecule has 0 aromatic heterocycles. The maximum absolute atomic E-state index is 13.1. The van der Waals surface area contributed by atoms with Crippen LogP contribution in [0.25, 0.3) is 0 Å². The number of hydrogen-bond donors (Lipinski definition) is 3. The quantitative estimate of drug-likeness (QED) is 0.0222.